The Morgan fingerprint density at radius 2 is 1.79 bits per heavy atom. The van der Waals surface area contributed by atoms with Crippen LogP contribution < -0.4 is 4.90 Å². The minimum absolute atomic E-state index is 0.239. The molecular formula is C24H18FN7S. The Kier molecular flexibility index (Phi) is 4.44. The van der Waals surface area contributed by atoms with Gasteiger partial charge >= 0.3 is 0 Å². The average molecular weight is 456 g/mol. The van der Waals surface area contributed by atoms with Gasteiger partial charge in [-0.2, -0.15) is 9.49 Å². The van der Waals surface area contributed by atoms with E-state index in [-0.39, 0.29) is 5.13 Å². The number of hydrogen-bond acceptors (Lipinski definition) is 6. The Balaban J connectivity index is 1.48. The molecule has 0 bridgehead atoms. The highest BCUT2D eigenvalue weighted by Crippen LogP contribution is 2.35. The van der Waals surface area contributed by atoms with E-state index in [4.69, 9.17) is 4.98 Å². The van der Waals surface area contributed by atoms with Crippen LogP contribution in [-0.2, 0) is 0 Å². The van der Waals surface area contributed by atoms with Gasteiger partial charge in [0.15, 0.2) is 11.0 Å². The first-order chi connectivity index (χ1) is 16.1. The molecular weight excluding hydrogens is 437 g/mol. The molecule has 0 aliphatic heterocycles. The van der Waals surface area contributed by atoms with Crippen LogP contribution in [0, 0.1) is 5.13 Å². The first-order valence-electron chi connectivity index (χ1n) is 10.3. The summed E-state index contributed by atoms with van der Waals surface area (Å²) >= 11 is 1.08. The number of halogens is 1. The van der Waals surface area contributed by atoms with Crippen molar-refractivity contribution in [2.45, 2.75) is 0 Å². The van der Waals surface area contributed by atoms with E-state index >= 15 is 0 Å². The van der Waals surface area contributed by atoms with Crippen molar-refractivity contribution in [3.8, 4) is 33.1 Å². The lowest BCUT2D eigenvalue weighted by molar-refractivity contribution is 0.657. The lowest BCUT2D eigenvalue weighted by Gasteiger charge is -2.13. The van der Waals surface area contributed by atoms with Crippen molar-refractivity contribution in [3.63, 3.8) is 0 Å². The van der Waals surface area contributed by atoms with Crippen molar-refractivity contribution in [1.82, 2.24) is 30.1 Å². The molecule has 2 N–H and O–H groups in total. The molecule has 0 fully saturated rings. The van der Waals surface area contributed by atoms with Gasteiger partial charge in [-0.25, -0.2) is 4.98 Å². The van der Waals surface area contributed by atoms with Crippen molar-refractivity contribution in [3.05, 3.63) is 66.3 Å². The monoisotopic (exact) mass is 455 g/mol. The molecule has 7 nitrogen and oxygen atoms in total. The smallest absolute Gasteiger partial charge is 0.176 e. The van der Waals surface area contributed by atoms with E-state index < -0.39 is 0 Å². The fourth-order valence-corrected chi connectivity index (χ4v) is 4.63. The van der Waals surface area contributed by atoms with Crippen molar-refractivity contribution in [1.29, 1.82) is 0 Å². The number of pyridine rings is 2. The Morgan fingerprint density at radius 3 is 2.61 bits per heavy atom. The number of nitrogens with zero attached hydrogens (tertiary/aromatic N) is 5. The van der Waals surface area contributed by atoms with Gasteiger partial charge in [0, 0.05) is 47.9 Å². The number of aromatic amines is 2. The zero-order valence-electron chi connectivity index (χ0n) is 17.8. The van der Waals surface area contributed by atoms with Crippen molar-refractivity contribution >= 4 is 39.0 Å². The molecule has 0 saturated heterocycles. The van der Waals surface area contributed by atoms with E-state index in [0.717, 1.165) is 60.5 Å². The number of H-pyrrole nitrogens is 2. The summed E-state index contributed by atoms with van der Waals surface area (Å²) in [6, 6.07) is 11.4. The highest BCUT2D eigenvalue weighted by molar-refractivity contribution is 7.14. The number of hydrogen-bond donors (Lipinski definition) is 2. The van der Waals surface area contributed by atoms with Gasteiger partial charge in [0.1, 0.15) is 11.2 Å². The standard InChI is InChI=1S/C24H18FN7S/c1-32(2)15-7-14(9-26-10-15)13-3-4-18-16(8-13)23(31-30-18)24-28-19-12-27-11-17(22(19)29-24)20-5-6-21(25)33-20/h3-12H,1-2H3,(H,28,29)(H,30,31). The summed E-state index contributed by atoms with van der Waals surface area (Å²) in [4.78, 5) is 19.6. The lowest BCUT2D eigenvalue weighted by atomic mass is 10.0. The van der Waals surface area contributed by atoms with Gasteiger partial charge in [0.05, 0.1) is 29.1 Å². The number of aromatic nitrogens is 6. The minimum atomic E-state index is -0.239. The topological polar surface area (TPSA) is 86.4 Å². The van der Waals surface area contributed by atoms with Crippen molar-refractivity contribution < 1.29 is 4.39 Å². The van der Waals surface area contributed by atoms with Gasteiger partial charge in [-0.1, -0.05) is 6.07 Å². The number of anilines is 1. The second-order valence-corrected chi connectivity index (χ2v) is 8.97. The molecule has 9 heteroatoms. The Morgan fingerprint density at radius 1 is 0.909 bits per heavy atom. The highest BCUT2D eigenvalue weighted by atomic mass is 32.1. The highest BCUT2D eigenvalue weighted by Gasteiger charge is 2.17. The molecule has 6 aromatic rings. The molecule has 0 saturated carbocycles. The van der Waals surface area contributed by atoms with Gasteiger partial charge in [-0.15, -0.1) is 11.3 Å². The van der Waals surface area contributed by atoms with Gasteiger partial charge in [0.2, 0.25) is 0 Å². The van der Waals surface area contributed by atoms with Gasteiger partial charge in [0.25, 0.3) is 0 Å². The van der Waals surface area contributed by atoms with Crippen LogP contribution in [0.2, 0.25) is 0 Å². The zero-order chi connectivity index (χ0) is 22.5. The summed E-state index contributed by atoms with van der Waals surface area (Å²) in [6.07, 6.45) is 7.12. The van der Waals surface area contributed by atoms with E-state index in [1.807, 2.05) is 43.5 Å². The molecule has 0 spiro atoms. The van der Waals surface area contributed by atoms with E-state index in [1.165, 1.54) is 6.07 Å². The SMILES string of the molecule is CN(C)c1cncc(-c2ccc3[nH]nc(-c4nc5c(-c6ccc(F)s6)cncc5[nH]4)c3c2)c1. The second kappa shape index (κ2) is 7.49. The third-order valence-corrected chi connectivity index (χ3v) is 6.50. The van der Waals surface area contributed by atoms with Crippen LogP contribution in [0.15, 0.2) is 61.2 Å². The normalized spacial score (nSPS) is 11.5. The third kappa shape index (κ3) is 3.33. The van der Waals surface area contributed by atoms with Crippen molar-refractivity contribution in [2.75, 3.05) is 19.0 Å². The summed E-state index contributed by atoms with van der Waals surface area (Å²) in [7, 11) is 3.99. The maximum Gasteiger partial charge on any atom is 0.176 e. The van der Waals surface area contributed by atoms with E-state index in [9.17, 15) is 4.39 Å². The molecule has 5 aromatic heterocycles. The number of thiophene rings is 1. The molecule has 1 aromatic carbocycles. The van der Waals surface area contributed by atoms with E-state index in [1.54, 1.807) is 18.5 Å². The van der Waals surface area contributed by atoms with E-state index in [2.05, 4.69) is 37.3 Å². The zero-order valence-corrected chi connectivity index (χ0v) is 18.6. The molecule has 0 amide bonds. The molecule has 0 aliphatic carbocycles. The summed E-state index contributed by atoms with van der Waals surface area (Å²) in [5.41, 5.74) is 6.99. The van der Waals surface area contributed by atoms with Crippen LogP contribution in [-0.4, -0.2) is 44.2 Å². The quantitative estimate of drug-likeness (QED) is 0.367. The summed E-state index contributed by atoms with van der Waals surface area (Å²) in [5, 5.41) is 8.32. The maximum atomic E-state index is 13.6. The fourth-order valence-electron chi connectivity index (χ4n) is 3.89. The van der Waals surface area contributed by atoms with Gasteiger partial charge in [-0.05, 0) is 35.9 Å². The summed E-state index contributed by atoms with van der Waals surface area (Å²) in [6.45, 7) is 0. The number of imidazole rings is 1. The number of fused-ring (bicyclic) bond motifs is 2. The molecule has 5 heterocycles. The van der Waals surface area contributed by atoms with Crippen LogP contribution >= 0.6 is 11.3 Å². The van der Waals surface area contributed by atoms with Gasteiger partial charge in [-0.3, -0.25) is 15.1 Å². The number of benzene rings is 1. The first-order valence-corrected chi connectivity index (χ1v) is 11.1. The van der Waals surface area contributed by atoms with Gasteiger partial charge < -0.3 is 9.88 Å². The third-order valence-electron chi connectivity index (χ3n) is 5.59. The minimum Gasteiger partial charge on any atom is -0.376 e. The lowest BCUT2D eigenvalue weighted by Crippen LogP contribution is -2.08. The second-order valence-electron chi connectivity index (χ2n) is 7.93. The Labute approximate surface area is 192 Å². The predicted octanol–water partition coefficient (Wildman–Crippen LogP) is 5.50. The summed E-state index contributed by atoms with van der Waals surface area (Å²) in [5.74, 6) is 0.625. The number of rotatable bonds is 4. The molecule has 0 radical (unpaired) electrons. The van der Waals surface area contributed by atoms with Crippen LogP contribution in [0.4, 0.5) is 10.1 Å². The van der Waals surface area contributed by atoms with Crippen molar-refractivity contribution in [2.24, 2.45) is 0 Å². The average Bonchev–Trinajstić information content (AvgIpc) is 3.55. The number of nitrogens with one attached hydrogen (secondary N) is 2. The van der Waals surface area contributed by atoms with E-state index in [0.29, 0.717) is 11.5 Å². The molecule has 33 heavy (non-hydrogen) atoms. The van der Waals surface area contributed by atoms with Crippen LogP contribution in [0.1, 0.15) is 0 Å². The fraction of sp³-hybridized carbons (Fsp3) is 0.0833. The molecule has 0 atom stereocenters. The van der Waals surface area contributed by atoms with Crippen LogP contribution in [0.5, 0.6) is 0 Å². The summed E-state index contributed by atoms with van der Waals surface area (Å²) < 4.78 is 13.6. The molecule has 0 unspecified atom stereocenters. The van der Waals surface area contributed by atoms with Crippen LogP contribution in [0.3, 0.4) is 0 Å². The van der Waals surface area contributed by atoms with Crippen LogP contribution in [0.25, 0.3) is 55.0 Å². The predicted molar refractivity (Wildman–Crippen MR) is 130 cm³/mol. The Bertz CT molecular complexity index is 1630. The Hall–Kier alpha value is -4.11. The molecule has 0 aliphatic rings. The molecule has 6 rings (SSSR count). The molecule has 162 valence electrons. The largest absolute Gasteiger partial charge is 0.376 e. The maximum absolute atomic E-state index is 13.6. The first kappa shape index (κ1) is 19.6.